The summed E-state index contributed by atoms with van der Waals surface area (Å²) in [6.07, 6.45) is 6.47. The van der Waals surface area contributed by atoms with Gasteiger partial charge in [-0.15, -0.1) is 6.42 Å². The van der Waals surface area contributed by atoms with E-state index in [0.717, 1.165) is 12.8 Å². The normalized spacial score (nSPS) is 12.8. The van der Waals surface area contributed by atoms with Gasteiger partial charge in [-0.2, -0.15) is 0 Å². The molecule has 164 valence electrons. The Bertz CT molecular complexity index is 775. The number of carbonyl (C=O) groups is 3. The highest BCUT2D eigenvalue weighted by molar-refractivity contribution is 5.90. The highest BCUT2D eigenvalue weighted by Gasteiger charge is 2.29. The molecule has 0 aliphatic carbocycles. The lowest BCUT2D eigenvalue weighted by atomic mass is 10.0. The zero-order chi connectivity index (χ0) is 22.9. The van der Waals surface area contributed by atoms with E-state index in [1.807, 2.05) is 13.8 Å². The molecular weight excluding hydrogens is 382 g/mol. The molecule has 0 spiro atoms. The van der Waals surface area contributed by atoms with Crippen molar-refractivity contribution in [2.75, 3.05) is 13.6 Å². The van der Waals surface area contributed by atoms with E-state index in [9.17, 15) is 14.4 Å². The summed E-state index contributed by atoms with van der Waals surface area (Å²) < 4.78 is 5.15. The summed E-state index contributed by atoms with van der Waals surface area (Å²) in [5, 5.41) is 5.39. The summed E-state index contributed by atoms with van der Waals surface area (Å²) in [7, 11) is 1.53. The molecule has 0 heterocycles. The fourth-order valence-corrected chi connectivity index (χ4v) is 2.87. The molecule has 0 saturated carbocycles. The number of benzene rings is 1. The van der Waals surface area contributed by atoms with Crippen molar-refractivity contribution in [2.24, 2.45) is 0 Å². The number of nitrogens with zero attached hydrogens (tertiary/aromatic N) is 1. The van der Waals surface area contributed by atoms with Gasteiger partial charge in [0.05, 0.1) is 0 Å². The molecule has 0 bridgehead atoms. The Morgan fingerprint density at radius 2 is 1.80 bits per heavy atom. The SMILES string of the molecule is C#Cc1ccc(C(C(=O)NC(C)CCC)N(C)C(=O)CNC(=O)OC(C)(C)C)cc1. The quantitative estimate of drug-likeness (QED) is 0.639. The van der Waals surface area contributed by atoms with Crippen molar-refractivity contribution in [3.05, 3.63) is 35.4 Å². The van der Waals surface area contributed by atoms with Crippen molar-refractivity contribution < 1.29 is 19.1 Å². The van der Waals surface area contributed by atoms with Crippen LogP contribution in [-0.2, 0) is 14.3 Å². The molecule has 0 saturated heterocycles. The van der Waals surface area contributed by atoms with Gasteiger partial charge in [-0.1, -0.05) is 31.4 Å². The Morgan fingerprint density at radius 3 is 2.30 bits per heavy atom. The average Bonchev–Trinajstić information content (AvgIpc) is 2.65. The summed E-state index contributed by atoms with van der Waals surface area (Å²) in [4.78, 5) is 38.9. The van der Waals surface area contributed by atoms with Gasteiger partial charge in [-0.3, -0.25) is 9.59 Å². The summed E-state index contributed by atoms with van der Waals surface area (Å²) >= 11 is 0. The van der Waals surface area contributed by atoms with Gasteiger partial charge in [0.25, 0.3) is 0 Å². The summed E-state index contributed by atoms with van der Waals surface area (Å²) in [6, 6.07) is 6.02. The Morgan fingerprint density at radius 1 is 1.20 bits per heavy atom. The van der Waals surface area contributed by atoms with E-state index in [1.165, 1.54) is 11.9 Å². The number of hydrogen-bond donors (Lipinski definition) is 2. The van der Waals surface area contributed by atoms with Crippen molar-refractivity contribution >= 4 is 17.9 Å². The van der Waals surface area contributed by atoms with Crippen molar-refractivity contribution in [3.63, 3.8) is 0 Å². The molecular formula is C23H33N3O4. The number of carbonyl (C=O) groups excluding carboxylic acids is 3. The van der Waals surface area contributed by atoms with Crippen molar-refractivity contribution in [2.45, 2.75) is 65.1 Å². The summed E-state index contributed by atoms with van der Waals surface area (Å²) in [5.41, 5.74) is 0.636. The van der Waals surface area contributed by atoms with Crippen LogP contribution in [0.1, 0.15) is 64.6 Å². The minimum atomic E-state index is -0.857. The Labute approximate surface area is 179 Å². The Kier molecular flexibility index (Phi) is 9.38. The number of amides is 3. The number of likely N-dealkylation sites (N-methyl/N-ethyl adjacent to an activating group) is 1. The monoisotopic (exact) mass is 415 g/mol. The lowest BCUT2D eigenvalue weighted by Gasteiger charge is -2.29. The molecule has 7 heteroatoms. The smallest absolute Gasteiger partial charge is 0.408 e. The molecule has 2 N–H and O–H groups in total. The van der Waals surface area contributed by atoms with Gasteiger partial charge in [-0.05, 0) is 51.8 Å². The van der Waals surface area contributed by atoms with E-state index in [2.05, 4.69) is 16.6 Å². The van der Waals surface area contributed by atoms with Gasteiger partial charge in [0.2, 0.25) is 11.8 Å². The number of nitrogens with one attached hydrogen (secondary N) is 2. The maximum atomic E-state index is 13.0. The van der Waals surface area contributed by atoms with Gasteiger partial charge in [-0.25, -0.2) is 4.79 Å². The number of terminal acetylenes is 1. The van der Waals surface area contributed by atoms with E-state index in [-0.39, 0.29) is 18.5 Å². The lowest BCUT2D eigenvalue weighted by Crippen LogP contribution is -2.47. The molecule has 0 aliphatic rings. The molecule has 7 nitrogen and oxygen atoms in total. The third-order valence-corrected chi connectivity index (χ3v) is 4.32. The van der Waals surface area contributed by atoms with Crippen molar-refractivity contribution in [1.82, 2.24) is 15.5 Å². The molecule has 1 aromatic carbocycles. The molecule has 3 amide bonds. The molecule has 0 radical (unpaired) electrons. The standard InChI is InChI=1S/C23H33N3O4/c1-8-10-16(3)25-21(28)20(18-13-11-17(9-2)12-14-18)26(7)19(27)15-24-22(29)30-23(4,5)6/h2,11-14,16,20H,8,10,15H2,1,3-7H3,(H,24,29)(H,25,28). The number of hydrogen-bond acceptors (Lipinski definition) is 4. The Hall–Kier alpha value is -3.01. The summed E-state index contributed by atoms with van der Waals surface area (Å²) in [5.74, 6) is 1.81. The highest BCUT2D eigenvalue weighted by atomic mass is 16.6. The molecule has 1 rings (SSSR count). The minimum Gasteiger partial charge on any atom is -0.444 e. The molecule has 2 atom stereocenters. The number of ether oxygens (including phenoxy) is 1. The maximum absolute atomic E-state index is 13.0. The first-order valence-electron chi connectivity index (χ1n) is 10.1. The second-order valence-corrected chi connectivity index (χ2v) is 8.23. The maximum Gasteiger partial charge on any atom is 0.408 e. The van der Waals surface area contributed by atoms with E-state index < -0.39 is 23.6 Å². The van der Waals surface area contributed by atoms with Crippen LogP contribution in [0.2, 0.25) is 0 Å². The molecule has 0 fully saturated rings. The van der Waals surface area contributed by atoms with Crippen LogP contribution >= 0.6 is 0 Å². The van der Waals surface area contributed by atoms with E-state index in [0.29, 0.717) is 11.1 Å². The zero-order valence-corrected chi connectivity index (χ0v) is 18.7. The topological polar surface area (TPSA) is 87.7 Å². The predicted molar refractivity (Wildman–Crippen MR) is 117 cm³/mol. The van der Waals surface area contributed by atoms with Crippen molar-refractivity contribution in [1.29, 1.82) is 0 Å². The van der Waals surface area contributed by atoms with Crippen molar-refractivity contribution in [3.8, 4) is 12.3 Å². The first kappa shape index (κ1) is 25.0. The lowest BCUT2D eigenvalue weighted by molar-refractivity contribution is -0.138. The van der Waals surface area contributed by atoms with E-state index in [4.69, 9.17) is 11.2 Å². The molecule has 30 heavy (non-hydrogen) atoms. The van der Waals surface area contributed by atoms with Crippen LogP contribution in [0.3, 0.4) is 0 Å². The van der Waals surface area contributed by atoms with Gasteiger partial charge < -0.3 is 20.3 Å². The van der Waals surface area contributed by atoms with Crippen LogP contribution in [0.15, 0.2) is 24.3 Å². The predicted octanol–water partition coefficient (Wildman–Crippen LogP) is 3.00. The molecule has 2 unspecified atom stereocenters. The first-order valence-corrected chi connectivity index (χ1v) is 10.1. The minimum absolute atomic E-state index is 0.0293. The van der Waals surface area contributed by atoms with Crippen LogP contribution in [0.4, 0.5) is 4.79 Å². The fraction of sp³-hybridized carbons (Fsp3) is 0.522. The number of rotatable bonds is 8. The Balaban J connectivity index is 2.98. The molecule has 0 aromatic heterocycles. The average molecular weight is 416 g/mol. The van der Waals surface area contributed by atoms with Gasteiger partial charge >= 0.3 is 6.09 Å². The highest BCUT2D eigenvalue weighted by Crippen LogP contribution is 2.21. The number of alkyl carbamates (subject to hydrolysis) is 1. The summed E-state index contributed by atoms with van der Waals surface area (Å²) in [6.45, 7) is 8.87. The second kappa shape index (κ2) is 11.2. The zero-order valence-electron chi connectivity index (χ0n) is 18.7. The molecule has 0 aliphatic heterocycles. The third-order valence-electron chi connectivity index (χ3n) is 4.32. The van der Waals surface area contributed by atoms with Gasteiger partial charge in [0.15, 0.2) is 0 Å². The first-order chi connectivity index (χ1) is 14.0. The van der Waals surface area contributed by atoms with E-state index >= 15 is 0 Å². The van der Waals surface area contributed by atoms with Crippen LogP contribution in [0.5, 0.6) is 0 Å². The van der Waals surface area contributed by atoms with Gasteiger partial charge in [0, 0.05) is 18.7 Å². The van der Waals surface area contributed by atoms with E-state index in [1.54, 1.807) is 45.0 Å². The fourth-order valence-electron chi connectivity index (χ4n) is 2.87. The molecule has 1 aromatic rings. The van der Waals surface area contributed by atoms with Crippen LogP contribution in [0.25, 0.3) is 0 Å². The van der Waals surface area contributed by atoms with Crippen LogP contribution < -0.4 is 10.6 Å². The largest absolute Gasteiger partial charge is 0.444 e. The van der Waals surface area contributed by atoms with Crippen LogP contribution in [-0.4, -0.2) is 48.0 Å². The third kappa shape index (κ3) is 8.16. The van der Waals surface area contributed by atoms with Crippen LogP contribution in [0, 0.1) is 12.3 Å². The second-order valence-electron chi connectivity index (χ2n) is 8.23. The van der Waals surface area contributed by atoms with Gasteiger partial charge in [0.1, 0.15) is 18.2 Å².